The molecule has 0 amide bonds. The first-order valence-electron chi connectivity index (χ1n) is 6.42. The molecule has 0 aliphatic carbocycles. The normalized spacial score (nSPS) is 10.8. The number of hydrogen-bond donors (Lipinski definition) is 2. The molecule has 0 bridgehead atoms. The van der Waals surface area contributed by atoms with Crippen LogP contribution >= 0.6 is 0 Å². The van der Waals surface area contributed by atoms with E-state index in [1.165, 1.54) is 5.56 Å². The molecule has 0 saturated heterocycles. The van der Waals surface area contributed by atoms with Gasteiger partial charge in [-0.1, -0.05) is 19.1 Å². The van der Waals surface area contributed by atoms with Gasteiger partial charge >= 0.3 is 0 Å². The summed E-state index contributed by atoms with van der Waals surface area (Å²) >= 11 is 0. The summed E-state index contributed by atoms with van der Waals surface area (Å²) in [5, 5.41) is 0. The van der Waals surface area contributed by atoms with Gasteiger partial charge in [-0.05, 0) is 56.0 Å². The van der Waals surface area contributed by atoms with E-state index in [0.29, 0.717) is 19.0 Å². The first-order chi connectivity index (χ1) is 8.30. The zero-order chi connectivity index (χ0) is 12.5. The molecule has 0 saturated carbocycles. The molecule has 0 heterocycles. The molecule has 96 valence electrons. The van der Waals surface area contributed by atoms with Crippen LogP contribution in [-0.4, -0.2) is 19.7 Å². The van der Waals surface area contributed by atoms with E-state index in [1.807, 2.05) is 12.1 Å². The van der Waals surface area contributed by atoms with Crippen molar-refractivity contribution in [1.82, 2.24) is 0 Å². The maximum atomic E-state index is 5.63. The minimum Gasteiger partial charge on any atom is -0.494 e. The standard InChI is InChI=1S/C14H24N2O/c1-2-9-17-14-7-5-12(6-8-14)3-4-13(10-15)11-16/h5-8,13H,2-4,9-11,15-16H2,1H3. The fourth-order valence-electron chi connectivity index (χ4n) is 1.67. The smallest absolute Gasteiger partial charge is 0.119 e. The highest BCUT2D eigenvalue weighted by atomic mass is 16.5. The van der Waals surface area contributed by atoms with Gasteiger partial charge in [0.15, 0.2) is 0 Å². The summed E-state index contributed by atoms with van der Waals surface area (Å²) in [5.74, 6) is 1.39. The Balaban J connectivity index is 2.39. The lowest BCUT2D eigenvalue weighted by molar-refractivity contribution is 0.317. The highest BCUT2D eigenvalue weighted by Gasteiger charge is 2.04. The number of rotatable bonds is 8. The molecule has 4 N–H and O–H groups in total. The Morgan fingerprint density at radius 1 is 1.12 bits per heavy atom. The molecule has 0 fully saturated rings. The van der Waals surface area contributed by atoms with E-state index in [-0.39, 0.29) is 0 Å². The van der Waals surface area contributed by atoms with Crippen LogP contribution in [0.2, 0.25) is 0 Å². The lowest BCUT2D eigenvalue weighted by Crippen LogP contribution is -2.23. The second kappa shape index (κ2) is 8.09. The lowest BCUT2D eigenvalue weighted by atomic mass is 10.00. The highest BCUT2D eigenvalue weighted by molar-refractivity contribution is 5.27. The summed E-state index contributed by atoms with van der Waals surface area (Å²) in [6.07, 6.45) is 3.13. The molecule has 3 nitrogen and oxygen atoms in total. The molecule has 0 spiro atoms. The summed E-state index contributed by atoms with van der Waals surface area (Å²) in [4.78, 5) is 0. The van der Waals surface area contributed by atoms with E-state index < -0.39 is 0 Å². The van der Waals surface area contributed by atoms with Crippen LogP contribution in [-0.2, 0) is 6.42 Å². The predicted octanol–water partition coefficient (Wildman–Crippen LogP) is 1.94. The minimum absolute atomic E-state index is 0.436. The molecule has 1 aromatic carbocycles. The van der Waals surface area contributed by atoms with E-state index >= 15 is 0 Å². The number of nitrogens with two attached hydrogens (primary N) is 2. The largest absolute Gasteiger partial charge is 0.494 e. The maximum absolute atomic E-state index is 5.63. The Labute approximate surface area is 104 Å². The summed E-state index contributed by atoms with van der Waals surface area (Å²) < 4.78 is 5.54. The summed E-state index contributed by atoms with van der Waals surface area (Å²) in [6, 6.07) is 8.31. The van der Waals surface area contributed by atoms with Crippen molar-refractivity contribution in [1.29, 1.82) is 0 Å². The molecule has 0 radical (unpaired) electrons. The van der Waals surface area contributed by atoms with E-state index in [9.17, 15) is 0 Å². The van der Waals surface area contributed by atoms with Gasteiger partial charge in [-0.15, -0.1) is 0 Å². The van der Waals surface area contributed by atoms with Crippen LogP contribution < -0.4 is 16.2 Å². The van der Waals surface area contributed by atoms with Gasteiger partial charge in [-0.3, -0.25) is 0 Å². The molecule has 1 aromatic rings. The van der Waals surface area contributed by atoms with Crippen molar-refractivity contribution in [3.63, 3.8) is 0 Å². The van der Waals surface area contributed by atoms with Crippen molar-refractivity contribution in [2.24, 2.45) is 17.4 Å². The Bertz CT molecular complexity index is 294. The van der Waals surface area contributed by atoms with Crippen molar-refractivity contribution in [2.75, 3.05) is 19.7 Å². The molecule has 0 atom stereocenters. The summed E-state index contributed by atoms with van der Waals surface area (Å²) in [7, 11) is 0. The molecular weight excluding hydrogens is 212 g/mol. The van der Waals surface area contributed by atoms with Crippen LogP contribution in [0.1, 0.15) is 25.3 Å². The number of benzene rings is 1. The topological polar surface area (TPSA) is 61.3 Å². The third-order valence-electron chi connectivity index (χ3n) is 2.90. The Morgan fingerprint density at radius 3 is 2.29 bits per heavy atom. The predicted molar refractivity (Wildman–Crippen MR) is 72.1 cm³/mol. The number of ether oxygens (including phenoxy) is 1. The first-order valence-corrected chi connectivity index (χ1v) is 6.42. The number of hydrogen-bond acceptors (Lipinski definition) is 3. The minimum atomic E-state index is 0.436. The fraction of sp³-hybridized carbons (Fsp3) is 0.571. The van der Waals surface area contributed by atoms with Crippen molar-refractivity contribution in [3.05, 3.63) is 29.8 Å². The van der Waals surface area contributed by atoms with Gasteiger partial charge in [-0.2, -0.15) is 0 Å². The SMILES string of the molecule is CCCOc1ccc(CCC(CN)CN)cc1. The van der Waals surface area contributed by atoms with Crippen LogP contribution in [0.25, 0.3) is 0 Å². The zero-order valence-corrected chi connectivity index (χ0v) is 10.7. The molecule has 1 rings (SSSR count). The molecule has 0 aliphatic heterocycles. The third kappa shape index (κ3) is 5.20. The molecular formula is C14H24N2O. The Morgan fingerprint density at radius 2 is 1.76 bits per heavy atom. The highest BCUT2D eigenvalue weighted by Crippen LogP contribution is 2.15. The van der Waals surface area contributed by atoms with Gasteiger partial charge in [0, 0.05) is 0 Å². The van der Waals surface area contributed by atoms with Gasteiger partial charge in [0.25, 0.3) is 0 Å². The first kappa shape index (κ1) is 14.0. The quantitative estimate of drug-likeness (QED) is 0.725. The average Bonchev–Trinajstić information content (AvgIpc) is 2.39. The van der Waals surface area contributed by atoms with Gasteiger partial charge in [0.1, 0.15) is 5.75 Å². The van der Waals surface area contributed by atoms with Gasteiger partial charge in [0.2, 0.25) is 0 Å². The van der Waals surface area contributed by atoms with Crippen molar-refractivity contribution < 1.29 is 4.74 Å². The Kier molecular flexibility index (Phi) is 6.67. The molecule has 0 aromatic heterocycles. The van der Waals surface area contributed by atoms with Crippen molar-refractivity contribution in [3.8, 4) is 5.75 Å². The van der Waals surface area contributed by atoms with Gasteiger partial charge in [0.05, 0.1) is 6.61 Å². The Hall–Kier alpha value is -1.06. The molecule has 0 aliphatic rings. The zero-order valence-electron chi connectivity index (χ0n) is 10.7. The van der Waals surface area contributed by atoms with Gasteiger partial charge in [-0.25, -0.2) is 0 Å². The fourth-order valence-corrected chi connectivity index (χ4v) is 1.67. The second-order valence-corrected chi connectivity index (χ2v) is 4.37. The monoisotopic (exact) mass is 236 g/mol. The summed E-state index contributed by atoms with van der Waals surface area (Å²) in [6.45, 7) is 4.23. The number of aryl methyl sites for hydroxylation is 1. The van der Waals surface area contributed by atoms with Crippen LogP contribution in [0, 0.1) is 5.92 Å². The van der Waals surface area contributed by atoms with Crippen molar-refractivity contribution in [2.45, 2.75) is 26.2 Å². The van der Waals surface area contributed by atoms with Crippen LogP contribution in [0.4, 0.5) is 0 Å². The van der Waals surface area contributed by atoms with E-state index in [2.05, 4.69) is 19.1 Å². The van der Waals surface area contributed by atoms with Crippen LogP contribution in [0.3, 0.4) is 0 Å². The van der Waals surface area contributed by atoms with Crippen molar-refractivity contribution >= 4 is 0 Å². The van der Waals surface area contributed by atoms with Gasteiger partial charge < -0.3 is 16.2 Å². The molecule has 17 heavy (non-hydrogen) atoms. The lowest BCUT2D eigenvalue weighted by Gasteiger charge is -2.11. The van der Waals surface area contributed by atoms with Crippen LogP contribution in [0.5, 0.6) is 5.75 Å². The average molecular weight is 236 g/mol. The third-order valence-corrected chi connectivity index (χ3v) is 2.90. The van der Waals surface area contributed by atoms with E-state index in [1.54, 1.807) is 0 Å². The molecule has 0 unspecified atom stereocenters. The maximum Gasteiger partial charge on any atom is 0.119 e. The molecule has 3 heteroatoms. The second-order valence-electron chi connectivity index (χ2n) is 4.37. The van der Waals surface area contributed by atoms with Crippen LogP contribution in [0.15, 0.2) is 24.3 Å². The van der Waals surface area contributed by atoms with E-state index in [4.69, 9.17) is 16.2 Å². The van der Waals surface area contributed by atoms with E-state index in [0.717, 1.165) is 31.6 Å². The summed E-state index contributed by atoms with van der Waals surface area (Å²) in [5.41, 5.74) is 12.6.